The summed E-state index contributed by atoms with van der Waals surface area (Å²) in [6.45, 7) is 2.11. The Labute approximate surface area is 107 Å². The lowest BCUT2D eigenvalue weighted by molar-refractivity contribution is -0.123. The highest BCUT2D eigenvalue weighted by Gasteiger charge is 2.29. The molecule has 98 valence electrons. The quantitative estimate of drug-likeness (QED) is 0.818. The van der Waals surface area contributed by atoms with Crippen molar-refractivity contribution in [3.8, 4) is 5.75 Å². The van der Waals surface area contributed by atoms with E-state index < -0.39 is 5.82 Å². The highest BCUT2D eigenvalue weighted by atomic mass is 19.1. The first-order valence-electron chi connectivity index (χ1n) is 6.47. The van der Waals surface area contributed by atoms with Crippen molar-refractivity contribution < 1.29 is 13.9 Å². The number of hydrogen-bond donors (Lipinski definition) is 0. The van der Waals surface area contributed by atoms with Gasteiger partial charge in [-0.2, -0.15) is 0 Å². The average Bonchev–Trinajstić information content (AvgIpc) is 2.78. The minimum absolute atomic E-state index is 0.107. The lowest BCUT2D eigenvalue weighted by Gasteiger charge is -2.14. The fourth-order valence-electron chi connectivity index (χ4n) is 2.79. The molecule has 0 aromatic heterocycles. The molecule has 2 atom stereocenters. The van der Waals surface area contributed by atoms with Gasteiger partial charge in [0.15, 0.2) is 11.6 Å². The first kappa shape index (κ1) is 13.1. The van der Waals surface area contributed by atoms with Crippen molar-refractivity contribution in [2.75, 3.05) is 7.11 Å². The van der Waals surface area contributed by atoms with Crippen molar-refractivity contribution in [1.29, 1.82) is 0 Å². The maximum absolute atomic E-state index is 13.9. The Morgan fingerprint density at radius 3 is 2.83 bits per heavy atom. The van der Waals surface area contributed by atoms with Crippen LogP contribution in [0.5, 0.6) is 5.75 Å². The number of rotatable bonds is 4. The molecule has 0 N–H and O–H groups in total. The lowest BCUT2D eigenvalue weighted by atomic mass is 9.90. The van der Waals surface area contributed by atoms with Crippen LogP contribution < -0.4 is 4.74 Å². The van der Waals surface area contributed by atoms with Crippen LogP contribution in [0.1, 0.15) is 31.7 Å². The molecular weight excluding hydrogens is 231 g/mol. The second-order valence-electron chi connectivity index (χ2n) is 5.09. The lowest BCUT2D eigenvalue weighted by Crippen LogP contribution is -2.19. The van der Waals surface area contributed by atoms with Crippen LogP contribution in [0.2, 0.25) is 0 Å². The van der Waals surface area contributed by atoms with E-state index in [2.05, 4.69) is 6.92 Å². The first-order chi connectivity index (χ1) is 8.63. The van der Waals surface area contributed by atoms with Gasteiger partial charge < -0.3 is 4.74 Å². The van der Waals surface area contributed by atoms with E-state index in [1.54, 1.807) is 18.2 Å². The fraction of sp³-hybridized carbons (Fsp3) is 0.533. The minimum atomic E-state index is -0.404. The smallest absolute Gasteiger partial charge is 0.168 e. The molecule has 0 amide bonds. The van der Waals surface area contributed by atoms with Gasteiger partial charge in [0.1, 0.15) is 5.78 Å². The molecule has 0 aliphatic heterocycles. The summed E-state index contributed by atoms with van der Waals surface area (Å²) in [5.74, 6) is 0.507. The van der Waals surface area contributed by atoms with E-state index in [1.165, 1.54) is 7.11 Å². The fourth-order valence-corrected chi connectivity index (χ4v) is 2.79. The van der Waals surface area contributed by atoms with Gasteiger partial charge in [0.05, 0.1) is 7.11 Å². The second-order valence-corrected chi connectivity index (χ2v) is 5.09. The molecule has 0 spiro atoms. The predicted molar refractivity (Wildman–Crippen MR) is 68.2 cm³/mol. The molecule has 1 aliphatic carbocycles. The van der Waals surface area contributed by atoms with E-state index >= 15 is 0 Å². The number of Topliss-reactive ketones (excluding diaryl/α,β-unsaturated/α-hetero) is 1. The van der Waals surface area contributed by atoms with Crippen molar-refractivity contribution in [2.24, 2.45) is 11.8 Å². The molecule has 18 heavy (non-hydrogen) atoms. The van der Waals surface area contributed by atoms with E-state index in [0.717, 1.165) is 19.3 Å². The number of carbonyl (C=O) groups excluding carboxylic acids is 1. The molecule has 1 aliphatic rings. The first-order valence-corrected chi connectivity index (χ1v) is 6.47. The van der Waals surface area contributed by atoms with Gasteiger partial charge in [-0.1, -0.05) is 25.5 Å². The number of benzene rings is 1. The third-order valence-electron chi connectivity index (χ3n) is 3.90. The molecule has 2 nitrogen and oxygen atoms in total. The summed E-state index contributed by atoms with van der Waals surface area (Å²) in [5.41, 5.74) is 0.443. The zero-order valence-electron chi connectivity index (χ0n) is 10.9. The number of methoxy groups -OCH3 is 1. The molecule has 2 unspecified atom stereocenters. The Morgan fingerprint density at radius 1 is 1.44 bits per heavy atom. The van der Waals surface area contributed by atoms with Gasteiger partial charge >= 0.3 is 0 Å². The van der Waals surface area contributed by atoms with E-state index in [9.17, 15) is 9.18 Å². The molecule has 2 rings (SSSR count). The number of hydrogen-bond acceptors (Lipinski definition) is 2. The standard InChI is InChI=1S/C15H19FO2/c1-10-5-3-7-12(10)13(17)9-11-6-4-8-14(18-2)15(11)16/h4,6,8,10,12H,3,5,7,9H2,1-2H3. The molecule has 0 bridgehead atoms. The van der Waals surface area contributed by atoms with Crippen LogP contribution in [0.25, 0.3) is 0 Å². The third kappa shape index (κ3) is 2.55. The molecule has 0 heterocycles. The van der Waals surface area contributed by atoms with Crippen LogP contribution >= 0.6 is 0 Å². The maximum atomic E-state index is 13.9. The summed E-state index contributed by atoms with van der Waals surface area (Å²) < 4.78 is 18.9. The highest BCUT2D eigenvalue weighted by Crippen LogP contribution is 2.33. The Hall–Kier alpha value is -1.38. The molecule has 0 saturated heterocycles. The zero-order valence-corrected chi connectivity index (χ0v) is 10.9. The van der Waals surface area contributed by atoms with Crippen LogP contribution in [0.3, 0.4) is 0 Å². The molecule has 1 aromatic carbocycles. The van der Waals surface area contributed by atoms with Gasteiger partial charge in [0, 0.05) is 12.3 Å². The monoisotopic (exact) mass is 250 g/mol. The summed E-state index contributed by atoms with van der Waals surface area (Å²) in [6.07, 6.45) is 3.35. The molecule has 1 fully saturated rings. The van der Waals surface area contributed by atoms with Gasteiger partial charge in [0.2, 0.25) is 0 Å². The van der Waals surface area contributed by atoms with Crippen molar-refractivity contribution >= 4 is 5.78 Å². The molecule has 1 saturated carbocycles. The van der Waals surface area contributed by atoms with Crippen molar-refractivity contribution in [1.82, 2.24) is 0 Å². The summed E-state index contributed by atoms with van der Waals surface area (Å²) in [7, 11) is 1.43. The van der Waals surface area contributed by atoms with Crippen LogP contribution in [0, 0.1) is 17.7 Å². The Morgan fingerprint density at radius 2 is 2.22 bits per heavy atom. The Bertz CT molecular complexity index is 442. The van der Waals surface area contributed by atoms with E-state index in [1.807, 2.05) is 0 Å². The number of halogens is 1. The van der Waals surface area contributed by atoms with Crippen LogP contribution in [0.15, 0.2) is 18.2 Å². The van der Waals surface area contributed by atoms with Crippen LogP contribution in [-0.2, 0) is 11.2 Å². The van der Waals surface area contributed by atoms with Crippen molar-refractivity contribution in [3.05, 3.63) is 29.6 Å². The average molecular weight is 250 g/mol. The van der Waals surface area contributed by atoms with Gasteiger partial charge in [-0.3, -0.25) is 4.79 Å². The van der Waals surface area contributed by atoms with E-state index in [0.29, 0.717) is 11.5 Å². The normalized spacial score (nSPS) is 23.1. The largest absolute Gasteiger partial charge is 0.494 e. The SMILES string of the molecule is COc1cccc(CC(=O)C2CCCC2C)c1F. The third-order valence-corrected chi connectivity index (χ3v) is 3.90. The topological polar surface area (TPSA) is 26.3 Å². The molecule has 0 radical (unpaired) electrons. The summed E-state index contributed by atoms with van der Waals surface area (Å²) in [5, 5.41) is 0. The summed E-state index contributed by atoms with van der Waals surface area (Å²) in [6, 6.07) is 4.96. The Kier molecular flexibility index (Phi) is 4.00. The van der Waals surface area contributed by atoms with Gasteiger partial charge in [0.25, 0.3) is 0 Å². The van der Waals surface area contributed by atoms with Crippen molar-refractivity contribution in [3.63, 3.8) is 0 Å². The van der Waals surface area contributed by atoms with E-state index in [4.69, 9.17) is 4.74 Å². The minimum Gasteiger partial charge on any atom is -0.494 e. The maximum Gasteiger partial charge on any atom is 0.168 e. The number of ether oxygens (including phenoxy) is 1. The van der Waals surface area contributed by atoms with Crippen LogP contribution in [-0.4, -0.2) is 12.9 Å². The van der Waals surface area contributed by atoms with Crippen molar-refractivity contribution in [2.45, 2.75) is 32.6 Å². The number of ketones is 1. The zero-order chi connectivity index (χ0) is 13.1. The summed E-state index contributed by atoms with van der Waals surface area (Å²) in [4.78, 5) is 12.2. The molecule has 3 heteroatoms. The van der Waals surface area contributed by atoms with Gasteiger partial charge in [-0.15, -0.1) is 0 Å². The molecule has 1 aromatic rings. The van der Waals surface area contributed by atoms with Crippen LogP contribution in [0.4, 0.5) is 4.39 Å². The second kappa shape index (κ2) is 5.51. The predicted octanol–water partition coefficient (Wildman–Crippen LogP) is 3.38. The molecular formula is C15H19FO2. The van der Waals surface area contributed by atoms with Gasteiger partial charge in [-0.25, -0.2) is 4.39 Å². The van der Waals surface area contributed by atoms with Gasteiger partial charge in [-0.05, 0) is 30.4 Å². The number of carbonyl (C=O) groups is 1. The Balaban J connectivity index is 2.12. The summed E-state index contributed by atoms with van der Waals surface area (Å²) >= 11 is 0. The highest BCUT2D eigenvalue weighted by molar-refractivity contribution is 5.83. The van der Waals surface area contributed by atoms with E-state index in [-0.39, 0.29) is 23.9 Å².